The Labute approximate surface area is 102 Å². The van der Waals surface area contributed by atoms with Crippen molar-refractivity contribution in [2.24, 2.45) is 0 Å². The van der Waals surface area contributed by atoms with E-state index >= 15 is 0 Å². The maximum absolute atomic E-state index is 3.41. The van der Waals surface area contributed by atoms with Crippen LogP contribution in [0.2, 0.25) is 0 Å². The highest BCUT2D eigenvalue weighted by molar-refractivity contribution is 5.93. The molecule has 3 heteroatoms. The molecule has 1 N–H and O–H groups in total. The molecule has 2 aromatic rings. The van der Waals surface area contributed by atoms with Crippen LogP contribution in [0.5, 0.6) is 0 Å². The van der Waals surface area contributed by atoms with Crippen molar-refractivity contribution in [1.82, 2.24) is 9.88 Å². The second-order valence-electron chi connectivity index (χ2n) is 4.98. The van der Waals surface area contributed by atoms with Gasteiger partial charge in [-0.25, -0.2) is 0 Å². The van der Waals surface area contributed by atoms with Crippen LogP contribution in [0.1, 0.15) is 5.69 Å². The number of piperazine rings is 1. The Morgan fingerprint density at radius 1 is 1.12 bits per heavy atom. The van der Waals surface area contributed by atoms with Crippen LogP contribution in [0, 0.1) is 6.92 Å². The van der Waals surface area contributed by atoms with Crippen LogP contribution in [0.4, 0.5) is 5.69 Å². The number of H-pyrrole nitrogens is 1. The number of aromatic nitrogens is 1. The predicted molar refractivity (Wildman–Crippen MR) is 72.7 cm³/mol. The Morgan fingerprint density at radius 3 is 2.65 bits per heavy atom. The molecule has 1 aliphatic heterocycles. The van der Waals surface area contributed by atoms with E-state index < -0.39 is 0 Å². The number of aromatic amines is 1. The third-order valence-corrected chi connectivity index (χ3v) is 3.62. The largest absolute Gasteiger partial charge is 0.368 e. The summed E-state index contributed by atoms with van der Waals surface area (Å²) < 4.78 is 0. The molecular formula is C14H19N3. The van der Waals surface area contributed by atoms with Crippen LogP contribution in [0.15, 0.2) is 24.3 Å². The lowest BCUT2D eigenvalue weighted by Gasteiger charge is -2.34. The average Bonchev–Trinajstić information content (AvgIpc) is 2.70. The van der Waals surface area contributed by atoms with E-state index in [2.05, 4.69) is 53.0 Å². The molecule has 17 heavy (non-hydrogen) atoms. The first kappa shape index (κ1) is 10.7. The number of rotatable bonds is 1. The summed E-state index contributed by atoms with van der Waals surface area (Å²) in [6.45, 7) is 6.67. The Hall–Kier alpha value is -1.48. The molecule has 1 aromatic heterocycles. The summed E-state index contributed by atoms with van der Waals surface area (Å²) >= 11 is 0. The first-order valence-electron chi connectivity index (χ1n) is 6.26. The van der Waals surface area contributed by atoms with E-state index in [1.165, 1.54) is 22.3 Å². The number of fused-ring (bicyclic) bond motifs is 1. The fraction of sp³-hybridized carbons (Fsp3) is 0.429. The van der Waals surface area contributed by atoms with E-state index in [0.717, 1.165) is 26.2 Å². The van der Waals surface area contributed by atoms with Gasteiger partial charge in [-0.15, -0.1) is 0 Å². The summed E-state index contributed by atoms with van der Waals surface area (Å²) in [5.41, 5.74) is 3.86. The van der Waals surface area contributed by atoms with Gasteiger partial charge in [-0.3, -0.25) is 0 Å². The highest BCUT2D eigenvalue weighted by atomic mass is 15.2. The Morgan fingerprint density at radius 2 is 1.88 bits per heavy atom. The molecule has 3 rings (SSSR count). The second-order valence-corrected chi connectivity index (χ2v) is 4.98. The second kappa shape index (κ2) is 4.08. The number of anilines is 1. The zero-order valence-electron chi connectivity index (χ0n) is 10.5. The van der Waals surface area contributed by atoms with Crippen LogP contribution < -0.4 is 4.90 Å². The number of benzene rings is 1. The summed E-state index contributed by atoms with van der Waals surface area (Å²) in [5.74, 6) is 0. The molecule has 0 atom stereocenters. The zero-order valence-corrected chi connectivity index (χ0v) is 10.5. The molecule has 0 radical (unpaired) electrons. The third-order valence-electron chi connectivity index (χ3n) is 3.62. The van der Waals surface area contributed by atoms with E-state index in [4.69, 9.17) is 0 Å². The van der Waals surface area contributed by atoms with Gasteiger partial charge >= 0.3 is 0 Å². The van der Waals surface area contributed by atoms with Gasteiger partial charge in [-0.1, -0.05) is 6.07 Å². The molecule has 3 nitrogen and oxygen atoms in total. The number of likely N-dealkylation sites (N-methyl/N-ethyl adjacent to an activating group) is 1. The van der Waals surface area contributed by atoms with E-state index in [1.807, 2.05) is 0 Å². The highest BCUT2D eigenvalue weighted by Gasteiger charge is 2.16. The standard InChI is InChI=1S/C14H19N3/c1-11-10-12-13(15-11)4-3-5-14(12)17-8-6-16(2)7-9-17/h3-5,10,15H,6-9H2,1-2H3. The van der Waals surface area contributed by atoms with E-state index in [-0.39, 0.29) is 0 Å². The lowest BCUT2D eigenvalue weighted by atomic mass is 10.1. The van der Waals surface area contributed by atoms with Gasteiger partial charge in [0.1, 0.15) is 0 Å². The first-order chi connectivity index (χ1) is 8.24. The van der Waals surface area contributed by atoms with Crippen molar-refractivity contribution in [2.75, 3.05) is 38.1 Å². The quantitative estimate of drug-likeness (QED) is 0.810. The van der Waals surface area contributed by atoms with Crippen molar-refractivity contribution in [2.45, 2.75) is 6.92 Å². The summed E-state index contributed by atoms with van der Waals surface area (Å²) in [6.07, 6.45) is 0. The van der Waals surface area contributed by atoms with Crippen molar-refractivity contribution < 1.29 is 0 Å². The van der Waals surface area contributed by atoms with E-state index in [1.54, 1.807) is 0 Å². The summed E-state index contributed by atoms with van der Waals surface area (Å²) in [7, 11) is 2.19. The van der Waals surface area contributed by atoms with Gasteiger partial charge < -0.3 is 14.8 Å². The van der Waals surface area contributed by atoms with Crippen molar-refractivity contribution in [1.29, 1.82) is 0 Å². The van der Waals surface area contributed by atoms with Crippen molar-refractivity contribution >= 4 is 16.6 Å². The van der Waals surface area contributed by atoms with E-state index in [0.29, 0.717) is 0 Å². The molecule has 2 heterocycles. The molecule has 0 aliphatic carbocycles. The molecule has 1 saturated heterocycles. The minimum absolute atomic E-state index is 1.12. The monoisotopic (exact) mass is 229 g/mol. The average molecular weight is 229 g/mol. The summed E-state index contributed by atoms with van der Waals surface area (Å²) in [5, 5.41) is 1.36. The van der Waals surface area contributed by atoms with Gasteiger partial charge in [-0.2, -0.15) is 0 Å². The number of nitrogens with zero attached hydrogens (tertiary/aromatic N) is 2. The normalized spacial score (nSPS) is 17.9. The molecule has 0 unspecified atom stereocenters. The van der Waals surface area contributed by atoms with Crippen molar-refractivity contribution in [3.05, 3.63) is 30.0 Å². The lowest BCUT2D eigenvalue weighted by Crippen LogP contribution is -2.44. The molecule has 0 bridgehead atoms. The third kappa shape index (κ3) is 1.91. The Kier molecular flexibility index (Phi) is 2.56. The molecule has 1 aliphatic rings. The van der Waals surface area contributed by atoms with Gasteiger partial charge in [0.2, 0.25) is 0 Å². The fourth-order valence-corrected chi connectivity index (χ4v) is 2.60. The highest BCUT2D eigenvalue weighted by Crippen LogP contribution is 2.28. The van der Waals surface area contributed by atoms with Crippen molar-refractivity contribution in [3.63, 3.8) is 0 Å². The molecule has 1 aromatic carbocycles. The molecule has 1 fully saturated rings. The number of hydrogen-bond donors (Lipinski definition) is 1. The summed E-state index contributed by atoms with van der Waals surface area (Å²) in [6, 6.07) is 8.79. The van der Waals surface area contributed by atoms with Crippen molar-refractivity contribution in [3.8, 4) is 0 Å². The number of nitrogens with one attached hydrogen (secondary N) is 1. The Bertz CT molecular complexity index is 521. The minimum atomic E-state index is 1.12. The van der Waals surface area contributed by atoms with Gasteiger partial charge in [0.05, 0.1) is 0 Å². The van der Waals surface area contributed by atoms with Gasteiger partial charge in [0, 0.05) is 48.5 Å². The smallest absolute Gasteiger partial charge is 0.0477 e. The molecular weight excluding hydrogens is 210 g/mol. The maximum Gasteiger partial charge on any atom is 0.0477 e. The van der Waals surface area contributed by atoms with Gasteiger partial charge in [0.15, 0.2) is 0 Å². The molecule has 90 valence electrons. The Balaban J connectivity index is 1.99. The van der Waals surface area contributed by atoms with Crippen LogP contribution in [0.25, 0.3) is 10.9 Å². The summed E-state index contributed by atoms with van der Waals surface area (Å²) in [4.78, 5) is 8.29. The van der Waals surface area contributed by atoms with Crippen LogP contribution in [-0.2, 0) is 0 Å². The maximum atomic E-state index is 3.41. The first-order valence-corrected chi connectivity index (χ1v) is 6.26. The molecule has 0 amide bonds. The lowest BCUT2D eigenvalue weighted by molar-refractivity contribution is 0.313. The number of aryl methyl sites for hydroxylation is 1. The van der Waals surface area contributed by atoms with Crippen LogP contribution in [-0.4, -0.2) is 43.1 Å². The SMILES string of the molecule is Cc1cc2c(N3CCN(C)CC3)cccc2[nH]1. The predicted octanol–water partition coefficient (Wildman–Crippen LogP) is 2.23. The fourth-order valence-electron chi connectivity index (χ4n) is 2.60. The molecule has 0 saturated carbocycles. The molecule has 0 spiro atoms. The number of hydrogen-bond acceptors (Lipinski definition) is 2. The van der Waals surface area contributed by atoms with Crippen LogP contribution in [0.3, 0.4) is 0 Å². The zero-order chi connectivity index (χ0) is 11.8. The van der Waals surface area contributed by atoms with Gasteiger partial charge in [0.25, 0.3) is 0 Å². The topological polar surface area (TPSA) is 22.3 Å². The van der Waals surface area contributed by atoms with E-state index in [9.17, 15) is 0 Å². The van der Waals surface area contributed by atoms with Crippen LogP contribution >= 0.6 is 0 Å². The van der Waals surface area contributed by atoms with Gasteiger partial charge in [-0.05, 0) is 32.2 Å². The minimum Gasteiger partial charge on any atom is -0.368 e.